The minimum atomic E-state index is -4.63. The first-order valence-corrected chi connectivity index (χ1v) is 4.94. The summed E-state index contributed by atoms with van der Waals surface area (Å²) < 4.78 is 36.3. The maximum Gasteiger partial charge on any atom is 1.00 e. The molecule has 6 heteroatoms. The molecule has 1 aliphatic heterocycles. The fourth-order valence-electron chi connectivity index (χ4n) is 1.94. The Morgan fingerprint density at radius 2 is 2.00 bits per heavy atom. The summed E-state index contributed by atoms with van der Waals surface area (Å²) in [6, 6.07) is 0. The van der Waals surface area contributed by atoms with Gasteiger partial charge in [-0.05, 0) is 38.3 Å². The van der Waals surface area contributed by atoms with Crippen LogP contribution in [0.15, 0.2) is 0 Å². The summed E-state index contributed by atoms with van der Waals surface area (Å²) in [5.74, 6) is 0.479. The normalized spacial score (nSPS) is 24.4. The van der Waals surface area contributed by atoms with Gasteiger partial charge in [0.15, 0.2) is 0 Å². The van der Waals surface area contributed by atoms with Crippen LogP contribution in [0.2, 0.25) is 0 Å². The van der Waals surface area contributed by atoms with Crippen LogP contribution in [-0.2, 0) is 0 Å². The maximum absolute atomic E-state index is 12.1. The third kappa shape index (κ3) is 6.13. The third-order valence-corrected chi connectivity index (χ3v) is 2.65. The second kappa shape index (κ2) is 6.91. The molecule has 1 unspecified atom stereocenters. The zero-order chi connectivity index (χ0) is 9.90. The van der Waals surface area contributed by atoms with Crippen molar-refractivity contribution in [3.05, 3.63) is 0 Å². The summed E-state index contributed by atoms with van der Waals surface area (Å²) in [4.78, 5) is 1.55. The minimum Gasteiger partial charge on any atom is -0.448 e. The van der Waals surface area contributed by atoms with Crippen LogP contribution in [0.25, 0.3) is 0 Å². The summed E-state index contributed by atoms with van der Waals surface area (Å²) in [6.07, 6.45) is 2.35. The quantitative estimate of drug-likeness (QED) is 0.594. The molecule has 0 N–H and O–H groups in total. The first-order valence-electron chi connectivity index (χ1n) is 4.94. The van der Waals surface area contributed by atoms with Gasteiger partial charge in [0.05, 0.1) is 0 Å². The molecule has 0 radical (unpaired) electrons. The summed E-state index contributed by atoms with van der Waals surface area (Å²) in [7, 11) is 0. The van der Waals surface area contributed by atoms with E-state index in [4.69, 9.17) is 0 Å². The molecule has 1 heterocycles. The van der Waals surface area contributed by atoms with Crippen LogP contribution in [0.4, 0.5) is 12.9 Å². The SMILES string of the molecule is CCC1CCCN(C[B-](F)(F)F)C1.[K+]. The Kier molecular flexibility index (Phi) is 7.63. The van der Waals surface area contributed by atoms with E-state index in [1.54, 1.807) is 4.90 Å². The van der Waals surface area contributed by atoms with Crippen molar-refractivity contribution < 1.29 is 64.3 Å². The van der Waals surface area contributed by atoms with E-state index in [0.717, 1.165) is 19.3 Å². The Morgan fingerprint density at radius 1 is 1.36 bits per heavy atom. The zero-order valence-corrected chi connectivity index (χ0v) is 12.1. The molecule has 0 amide bonds. The van der Waals surface area contributed by atoms with E-state index in [-0.39, 0.29) is 51.4 Å². The number of likely N-dealkylation sites (tertiary alicyclic amines) is 1. The molecule has 0 saturated carbocycles. The van der Waals surface area contributed by atoms with Crippen LogP contribution in [-0.4, -0.2) is 31.4 Å². The fraction of sp³-hybridized carbons (Fsp3) is 1.00. The second-order valence-electron chi connectivity index (χ2n) is 3.89. The molecule has 1 nitrogen and oxygen atoms in total. The fourth-order valence-corrected chi connectivity index (χ4v) is 1.94. The van der Waals surface area contributed by atoms with Gasteiger partial charge in [0.1, 0.15) is 0 Å². The van der Waals surface area contributed by atoms with E-state index < -0.39 is 13.4 Å². The van der Waals surface area contributed by atoms with Crippen molar-refractivity contribution in [3.8, 4) is 0 Å². The zero-order valence-electron chi connectivity index (χ0n) is 8.98. The van der Waals surface area contributed by atoms with Crippen LogP contribution in [0.5, 0.6) is 0 Å². The Balaban J connectivity index is 0.00000169. The topological polar surface area (TPSA) is 3.24 Å². The van der Waals surface area contributed by atoms with Crippen molar-refractivity contribution in [1.82, 2.24) is 4.90 Å². The van der Waals surface area contributed by atoms with Crippen LogP contribution in [0, 0.1) is 5.92 Å². The van der Waals surface area contributed by atoms with Crippen molar-refractivity contribution in [1.29, 1.82) is 0 Å². The average Bonchev–Trinajstić information content (AvgIpc) is 2.01. The van der Waals surface area contributed by atoms with Gasteiger partial charge < -0.3 is 17.8 Å². The average molecular weight is 233 g/mol. The van der Waals surface area contributed by atoms with Crippen LogP contribution in [0.3, 0.4) is 0 Å². The van der Waals surface area contributed by atoms with E-state index >= 15 is 0 Å². The molecule has 0 aromatic carbocycles. The van der Waals surface area contributed by atoms with Crippen molar-refractivity contribution >= 4 is 6.98 Å². The van der Waals surface area contributed by atoms with E-state index in [1.807, 2.05) is 6.92 Å². The molecular weight excluding hydrogens is 217 g/mol. The standard InChI is InChI=1S/C8H16BF3N.K/c1-2-8-4-3-5-13(6-8)7-9(10,11)12;/h8H,2-7H2,1H3;/q-1;+1. The van der Waals surface area contributed by atoms with E-state index in [0.29, 0.717) is 19.0 Å². The Bertz CT molecular complexity index is 165. The number of nitrogens with zero attached hydrogens (tertiary/aromatic N) is 1. The molecule has 0 bridgehead atoms. The van der Waals surface area contributed by atoms with Crippen LogP contribution < -0.4 is 51.4 Å². The number of hydrogen-bond acceptors (Lipinski definition) is 1. The molecule has 0 aliphatic carbocycles. The predicted molar refractivity (Wildman–Crippen MR) is 48.5 cm³/mol. The summed E-state index contributed by atoms with van der Waals surface area (Å²) in [5, 5.41) is 0. The minimum absolute atomic E-state index is 0. The molecule has 0 aromatic heterocycles. The van der Waals surface area contributed by atoms with E-state index in [9.17, 15) is 12.9 Å². The van der Waals surface area contributed by atoms with Crippen molar-refractivity contribution in [3.63, 3.8) is 0 Å². The molecule has 14 heavy (non-hydrogen) atoms. The van der Waals surface area contributed by atoms with Gasteiger partial charge in [0.2, 0.25) is 0 Å². The first-order chi connectivity index (χ1) is 6.01. The van der Waals surface area contributed by atoms with Gasteiger partial charge in [-0.2, -0.15) is 0 Å². The van der Waals surface area contributed by atoms with E-state index in [1.165, 1.54) is 0 Å². The smallest absolute Gasteiger partial charge is 0.448 e. The molecule has 78 valence electrons. The first kappa shape index (κ1) is 15.5. The van der Waals surface area contributed by atoms with Crippen molar-refractivity contribution in [2.75, 3.05) is 19.5 Å². The second-order valence-corrected chi connectivity index (χ2v) is 3.89. The van der Waals surface area contributed by atoms with Gasteiger partial charge in [0, 0.05) is 0 Å². The molecule has 0 aromatic rings. The van der Waals surface area contributed by atoms with Crippen molar-refractivity contribution in [2.24, 2.45) is 5.92 Å². The molecule has 1 atom stereocenters. The molecule has 1 aliphatic rings. The van der Waals surface area contributed by atoms with Gasteiger partial charge in [0.25, 0.3) is 0 Å². The van der Waals surface area contributed by atoms with Crippen LogP contribution >= 0.6 is 0 Å². The van der Waals surface area contributed by atoms with Gasteiger partial charge in [-0.3, -0.25) is 0 Å². The van der Waals surface area contributed by atoms with Gasteiger partial charge in [-0.15, -0.1) is 0 Å². The van der Waals surface area contributed by atoms with Gasteiger partial charge in [-0.1, -0.05) is 13.3 Å². The molecule has 1 rings (SSSR count). The maximum atomic E-state index is 12.1. The summed E-state index contributed by atoms with van der Waals surface area (Å²) >= 11 is 0. The van der Waals surface area contributed by atoms with Gasteiger partial charge >= 0.3 is 58.4 Å². The van der Waals surface area contributed by atoms with E-state index in [2.05, 4.69) is 0 Å². The Labute approximate surface area is 126 Å². The largest absolute Gasteiger partial charge is 1.00 e. The summed E-state index contributed by atoms with van der Waals surface area (Å²) in [5.41, 5.74) is 0. The van der Waals surface area contributed by atoms with Crippen molar-refractivity contribution in [2.45, 2.75) is 26.2 Å². The monoisotopic (exact) mass is 233 g/mol. The molecule has 1 saturated heterocycles. The summed E-state index contributed by atoms with van der Waals surface area (Å²) in [6.45, 7) is -1.32. The van der Waals surface area contributed by atoms with Gasteiger partial charge in [-0.25, -0.2) is 0 Å². The Morgan fingerprint density at radius 3 is 2.50 bits per heavy atom. The molecule has 1 fully saturated rings. The molecular formula is C8H16BF3KN. The number of hydrogen-bond donors (Lipinski definition) is 0. The predicted octanol–water partition coefficient (Wildman–Crippen LogP) is -0.501. The molecule has 0 spiro atoms. The Hall–Kier alpha value is 1.45. The number of rotatable bonds is 3. The van der Waals surface area contributed by atoms with Crippen LogP contribution in [0.1, 0.15) is 26.2 Å². The third-order valence-electron chi connectivity index (χ3n) is 2.65. The number of halogens is 3. The number of piperidine rings is 1.